The molecule has 0 aliphatic heterocycles. The summed E-state index contributed by atoms with van der Waals surface area (Å²) in [6.07, 6.45) is 2.24. The van der Waals surface area contributed by atoms with Gasteiger partial charge in [0.2, 0.25) is 5.69 Å². The molecule has 0 saturated heterocycles. The fraction of sp³-hybridized carbons (Fsp3) is 0.179. The van der Waals surface area contributed by atoms with E-state index in [2.05, 4.69) is 118 Å². The molecular formula is C28H28N+. The summed E-state index contributed by atoms with van der Waals surface area (Å²) < 4.78 is 2.25. The fourth-order valence-electron chi connectivity index (χ4n) is 4.30. The average molecular weight is 379 g/mol. The maximum Gasteiger partial charge on any atom is 0.213 e. The molecule has 0 N–H and O–H groups in total. The molecule has 0 spiro atoms. The van der Waals surface area contributed by atoms with Gasteiger partial charge in [0.1, 0.15) is 7.05 Å². The van der Waals surface area contributed by atoms with Crippen LogP contribution in [0.25, 0.3) is 33.5 Å². The number of benzene rings is 3. The Hall–Kier alpha value is -3.19. The quantitative estimate of drug-likeness (QED) is 0.347. The number of rotatable bonds is 3. The van der Waals surface area contributed by atoms with Crippen LogP contribution in [0.2, 0.25) is 0 Å². The van der Waals surface area contributed by atoms with Crippen molar-refractivity contribution < 1.29 is 4.57 Å². The molecule has 1 aromatic heterocycles. The van der Waals surface area contributed by atoms with Gasteiger partial charge in [0, 0.05) is 17.2 Å². The highest BCUT2D eigenvalue weighted by Gasteiger charge is 2.18. The molecule has 0 amide bonds. The van der Waals surface area contributed by atoms with Crippen molar-refractivity contribution in [2.24, 2.45) is 7.05 Å². The zero-order valence-electron chi connectivity index (χ0n) is 18.0. The first-order valence-corrected chi connectivity index (χ1v) is 10.2. The molecule has 144 valence electrons. The molecule has 1 heteroatoms. The summed E-state index contributed by atoms with van der Waals surface area (Å²) in [5.41, 5.74) is 12.9. The number of aromatic nitrogens is 1. The number of aryl methyl sites for hydroxylation is 4. The summed E-state index contributed by atoms with van der Waals surface area (Å²) in [5.74, 6) is 0. The van der Waals surface area contributed by atoms with Crippen molar-refractivity contribution in [3.05, 3.63) is 101 Å². The van der Waals surface area contributed by atoms with E-state index in [1.807, 2.05) is 0 Å². The van der Waals surface area contributed by atoms with Gasteiger partial charge in [-0.2, -0.15) is 0 Å². The largest absolute Gasteiger partial charge is 0.213 e. The van der Waals surface area contributed by atoms with Gasteiger partial charge in [-0.3, -0.25) is 0 Å². The molecule has 1 heterocycles. The molecule has 0 bridgehead atoms. The summed E-state index contributed by atoms with van der Waals surface area (Å²) in [6.45, 7) is 8.78. The lowest BCUT2D eigenvalue weighted by atomic mass is 9.90. The monoisotopic (exact) mass is 378 g/mol. The Kier molecular flexibility index (Phi) is 5.07. The van der Waals surface area contributed by atoms with Gasteiger partial charge in [0.05, 0.1) is 0 Å². The SMILES string of the molecule is Cc1ccc(-c2cccc(-c3cc(-c4ccccc4)c(C)c[n+]3C)c2C)c(C)c1. The van der Waals surface area contributed by atoms with Crippen LogP contribution in [0, 0.1) is 27.7 Å². The number of hydrogen-bond donors (Lipinski definition) is 0. The summed E-state index contributed by atoms with van der Waals surface area (Å²) in [5, 5.41) is 0. The number of pyridine rings is 1. The molecule has 3 aromatic carbocycles. The molecule has 1 nitrogen and oxygen atoms in total. The van der Waals surface area contributed by atoms with Crippen molar-refractivity contribution in [1.82, 2.24) is 0 Å². The van der Waals surface area contributed by atoms with E-state index in [9.17, 15) is 0 Å². The Morgan fingerprint density at radius 1 is 0.586 bits per heavy atom. The third kappa shape index (κ3) is 3.61. The molecule has 0 atom stereocenters. The van der Waals surface area contributed by atoms with Crippen molar-refractivity contribution in [3.8, 4) is 33.5 Å². The lowest BCUT2D eigenvalue weighted by Gasteiger charge is -2.14. The minimum atomic E-state index is 1.23. The van der Waals surface area contributed by atoms with Crippen LogP contribution < -0.4 is 4.57 Å². The van der Waals surface area contributed by atoms with Gasteiger partial charge in [0.15, 0.2) is 6.20 Å². The van der Waals surface area contributed by atoms with E-state index in [1.54, 1.807) is 0 Å². The summed E-state index contributed by atoms with van der Waals surface area (Å²) >= 11 is 0. The van der Waals surface area contributed by atoms with Crippen molar-refractivity contribution in [2.45, 2.75) is 27.7 Å². The minimum absolute atomic E-state index is 1.23. The predicted octanol–water partition coefficient (Wildman–Crippen LogP) is 6.75. The second-order valence-electron chi connectivity index (χ2n) is 8.03. The van der Waals surface area contributed by atoms with Gasteiger partial charge in [0.25, 0.3) is 0 Å². The van der Waals surface area contributed by atoms with Crippen LogP contribution in [-0.4, -0.2) is 0 Å². The van der Waals surface area contributed by atoms with Gasteiger partial charge >= 0.3 is 0 Å². The summed E-state index contributed by atoms with van der Waals surface area (Å²) in [6, 6.07) is 26.4. The second-order valence-corrected chi connectivity index (χ2v) is 8.03. The first-order valence-electron chi connectivity index (χ1n) is 10.2. The lowest BCUT2D eigenvalue weighted by Crippen LogP contribution is -2.31. The molecule has 0 unspecified atom stereocenters. The maximum absolute atomic E-state index is 2.33. The molecule has 0 fully saturated rings. The summed E-state index contributed by atoms with van der Waals surface area (Å²) in [4.78, 5) is 0. The van der Waals surface area contributed by atoms with E-state index in [4.69, 9.17) is 0 Å². The maximum atomic E-state index is 2.33. The van der Waals surface area contributed by atoms with Crippen LogP contribution in [0.4, 0.5) is 0 Å². The Morgan fingerprint density at radius 3 is 2.03 bits per heavy atom. The van der Waals surface area contributed by atoms with Gasteiger partial charge in [-0.05, 0) is 67.1 Å². The highest BCUT2D eigenvalue weighted by atomic mass is 14.9. The normalized spacial score (nSPS) is 10.9. The van der Waals surface area contributed by atoms with E-state index in [0.29, 0.717) is 0 Å². The van der Waals surface area contributed by atoms with E-state index < -0.39 is 0 Å². The van der Waals surface area contributed by atoms with Crippen LogP contribution in [0.5, 0.6) is 0 Å². The Balaban J connectivity index is 1.90. The molecule has 29 heavy (non-hydrogen) atoms. The van der Waals surface area contributed by atoms with Crippen LogP contribution in [-0.2, 0) is 7.05 Å². The van der Waals surface area contributed by atoms with Crippen LogP contribution >= 0.6 is 0 Å². The molecule has 0 aliphatic carbocycles. The Bertz CT molecular complexity index is 1190. The van der Waals surface area contributed by atoms with Crippen LogP contribution in [0.1, 0.15) is 22.3 Å². The average Bonchev–Trinajstić information content (AvgIpc) is 2.70. The highest BCUT2D eigenvalue weighted by Crippen LogP contribution is 2.34. The molecule has 4 aromatic rings. The molecule has 4 rings (SSSR count). The smallest absolute Gasteiger partial charge is 0.201 e. The highest BCUT2D eigenvalue weighted by molar-refractivity contribution is 5.79. The molecule has 0 saturated carbocycles. The van der Waals surface area contributed by atoms with Crippen molar-refractivity contribution in [2.75, 3.05) is 0 Å². The number of hydrogen-bond acceptors (Lipinski definition) is 0. The first kappa shape index (κ1) is 19.1. The minimum Gasteiger partial charge on any atom is -0.201 e. The Labute approximate surface area is 174 Å². The predicted molar refractivity (Wildman–Crippen MR) is 123 cm³/mol. The van der Waals surface area contributed by atoms with Crippen molar-refractivity contribution >= 4 is 0 Å². The molecule has 0 radical (unpaired) electrons. The van der Waals surface area contributed by atoms with E-state index in [1.165, 1.54) is 55.8 Å². The van der Waals surface area contributed by atoms with Crippen LogP contribution in [0.15, 0.2) is 79.0 Å². The third-order valence-electron chi connectivity index (χ3n) is 5.84. The zero-order valence-corrected chi connectivity index (χ0v) is 18.0. The second kappa shape index (κ2) is 7.67. The van der Waals surface area contributed by atoms with E-state index >= 15 is 0 Å². The molecule has 0 aliphatic rings. The van der Waals surface area contributed by atoms with Gasteiger partial charge in [-0.15, -0.1) is 0 Å². The van der Waals surface area contributed by atoms with E-state index in [0.717, 1.165) is 0 Å². The molecular weight excluding hydrogens is 350 g/mol. The van der Waals surface area contributed by atoms with Crippen LogP contribution in [0.3, 0.4) is 0 Å². The Morgan fingerprint density at radius 2 is 1.31 bits per heavy atom. The zero-order chi connectivity index (χ0) is 20.5. The van der Waals surface area contributed by atoms with Crippen molar-refractivity contribution in [3.63, 3.8) is 0 Å². The van der Waals surface area contributed by atoms with E-state index in [-0.39, 0.29) is 0 Å². The fourth-order valence-corrected chi connectivity index (χ4v) is 4.30. The topological polar surface area (TPSA) is 3.88 Å². The summed E-state index contributed by atoms with van der Waals surface area (Å²) in [7, 11) is 2.14. The number of nitrogens with zero attached hydrogens (tertiary/aromatic N) is 1. The standard InChI is InChI=1S/C28H28N/c1-19-14-15-24(20(2)16-19)25-12-9-13-26(22(25)4)28-17-27(21(3)18-29(28)5)23-10-7-6-8-11-23/h6-18H,1-5H3/q+1. The lowest BCUT2D eigenvalue weighted by molar-refractivity contribution is -0.660. The third-order valence-corrected chi connectivity index (χ3v) is 5.84. The van der Waals surface area contributed by atoms with Crippen molar-refractivity contribution in [1.29, 1.82) is 0 Å². The van der Waals surface area contributed by atoms with Gasteiger partial charge in [-0.1, -0.05) is 66.2 Å². The van der Waals surface area contributed by atoms with Gasteiger partial charge in [-0.25, -0.2) is 4.57 Å². The van der Waals surface area contributed by atoms with Gasteiger partial charge < -0.3 is 0 Å². The first-order chi connectivity index (χ1) is 14.0.